The average molecular weight is 433 g/mol. The second-order valence-electron chi connectivity index (χ2n) is 7.71. The molecule has 0 heterocycles. The summed E-state index contributed by atoms with van der Waals surface area (Å²) in [5.41, 5.74) is 1.36. The van der Waals surface area contributed by atoms with Crippen molar-refractivity contribution in [3.8, 4) is 11.5 Å². The van der Waals surface area contributed by atoms with E-state index in [4.69, 9.17) is 9.47 Å². The largest absolute Gasteiger partial charge is 0.494 e. The van der Waals surface area contributed by atoms with E-state index >= 15 is 0 Å². The first-order chi connectivity index (χ1) is 12.8. The smallest absolute Gasteiger partial charge is 0.343 e. The fraction of sp³-hybridized carbons (Fsp3) is 0.435. The maximum atomic E-state index is 12.5. The molecule has 0 spiro atoms. The molecule has 0 amide bonds. The molecule has 0 saturated carbocycles. The van der Waals surface area contributed by atoms with Gasteiger partial charge in [0.15, 0.2) is 0 Å². The lowest BCUT2D eigenvalue weighted by atomic mass is 9.86. The normalized spacial score (nSPS) is 11.3. The van der Waals surface area contributed by atoms with Crippen LogP contribution in [0.3, 0.4) is 0 Å². The Hall–Kier alpha value is -1.81. The molecule has 0 aliphatic carbocycles. The Balaban J connectivity index is 2.01. The summed E-state index contributed by atoms with van der Waals surface area (Å²) in [6, 6.07) is 12.9. The van der Waals surface area contributed by atoms with Crippen LogP contribution in [-0.2, 0) is 5.41 Å². The van der Waals surface area contributed by atoms with E-state index in [1.807, 2.05) is 30.3 Å². The fourth-order valence-electron chi connectivity index (χ4n) is 2.74. The average Bonchev–Trinajstić information content (AvgIpc) is 2.62. The van der Waals surface area contributed by atoms with Gasteiger partial charge in [-0.25, -0.2) is 4.79 Å². The second kappa shape index (κ2) is 9.93. The molecule has 0 unspecified atom stereocenters. The van der Waals surface area contributed by atoms with Crippen LogP contribution in [0.4, 0.5) is 0 Å². The molecule has 3 nitrogen and oxygen atoms in total. The van der Waals surface area contributed by atoms with Gasteiger partial charge in [0, 0.05) is 10.0 Å². The number of rotatable bonds is 8. The lowest BCUT2D eigenvalue weighted by Crippen LogP contribution is -2.16. The lowest BCUT2D eigenvalue weighted by molar-refractivity contribution is 0.0732. The zero-order chi connectivity index (χ0) is 19.9. The van der Waals surface area contributed by atoms with Gasteiger partial charge in [0.25, 0.3) is 0 Å². The highest BCUT2D eigenvalue weighted by Crippen LogP contribution is 2.34. The zero-order valence-electron chi connectivity index (χ0n) is 16.7. The summed E-state index contributed by atoms with van der Waals surface area (Å²) in [4.78, 5) is 12.5. The number of carbonyl (C=O) groups excluding carboxylic acids is 1. The highest BCUT2D eigenvalue weighted by Gasteiger charge is 2.21. The summed E-state index contributed by atoms with van der Waals surface area (Å²) in [5.74, 6) is 1.01. The number of unbranched alkanes of at least 4 members (excludes halogenated alkanes) is 3. The van der Waals surface area contributed by atoms with E-state index in [9.17, 15) is 4.79 Å². The molecule has 0 aliphatic rings. The molecule has 2 rings (SSSR count). The highest BCUT2D eigenvalue weighted by atomic mass is 79.9. The van der Waals surface area contributed by atoms with Crippen LogP contribution in [0.1, 0.15) is 69.3 Å². The molecule has 27 heavy (non-hydrogen) atoms. The van der Waals surface area contributed by atoms with Crippen molar-refractivity contribution < 1.29 is 14.3 Å². The molecular weight excluding hydrogens is 404 g/mol. The number of benzene rings is 2. The van der Waals surface area contributed by atoms with Gasteiger partial charge in [0.05, 0.1) is 12.2 Å². The van der Waals surface area contributed by atoms with E-state index in [0.29, 0.717) is 17.9 Å². The van der Waals surface area contributed by atoms with E-state index in [0.717, 1.165) is 22.2 Å². The van der Waals surface area contributed by atoms with Crippen molar-refractivity contribution in [1.82, 2.24) is 0 Å². The summed E-state index contributed by atoms with van der Waals surface area (Å²) < 4.78 is 12.4. The zero-order valence-corrected chi connectivity index (χ0v) is 18.3. The first kappa shape index (κ1) is 21.5. The van der Waals surface area contributed by atoms with Gasteiger partial charge in [-0.2, -0.15) is 0 Å². The molecule has 4 heteroatoms. The first-order valence-corrected chi connectivity index (χ1v) is 10.4. The van der Waals surface area contributed by atoms with Crippen molar-refractivity contribution in [2.75, 3.05) is 6.61 Å². The van der Waals surface area contributed by atoms with Gasteiger partial charge in [-0.1, -0.05) is 62.9 Å². The number of esters is 1. The SMILES string of the molecule is CCCCCCOc1ccc(C(=O)Oc2ccc(Br)cc2C(C)(C)C)cc1. The Morgan fingerprint density at radius 1 is 1.00 bits per heavy atom. The van der Waals surface area contributed by atoms with Crippen LogP contribution in [0, 0.1) is 0 Å². The van der Waals surface area contributed by atoms with Gasteiger partial charge < -0.3 is 9.47 Å². The predicted octanol–water partition coefficient (Wildman–Crippen LogP) is 6.92. The Bertz CT molecular complexity index is 745. The predicted molar refractivity (Wildman–Crippen MR) is 114 cm³/mol. The minimum Gasteiger partial charge on any atom is -0.494 e. The monoisotopic (exact) mass is 432 g/mol. The van der Waals surface area contributed by atoms with Crippen LogP contribution in [0.15, 0.2) is 46.9 Å². The molecule has 2 aromatic carbocycles. The third kappa shape index (κ3) is 6.69. The Kier molecular flexibility index (Phi) is 7.91. The van der Waals surface area contributed by atoms with Crippen molar-refractivity contribution >= 4 is 21.9 Å². The molecule has 0 aromatic heterocycles. The summed E-state index contributed by atoms with van der Waals surface area (Å²) in [7, 11) is 0. The minimum absolute atomic E-state index is 0.130. The van der Waals surface area contributed by atoms with Crippen molar-refractivity contribution in [2.45, 2.75) is 58.8 Å². The molecule has 0 radical (unpaired) electrons. The van der Waals surface area contributed by atoms with Gasteiger partial charge in [-0.15, -0.1) is 0 Å². The number of ether oxygens (including phenoxy) is 2. The minimum atomic E-state index is -0.364. The third-order valence-electron chi connectivity index (χ3n) is 4.31. The van der Waals surface area contributed by atoms with E-state index in [2.05, 4.69) is 43.6 Å². The number of hydrogen-bond donors (Lipinski definition) is 0. The second-order valence-corrected chi connectivity index (χ2v) is 8.63. The van der Waals surface area contributed by atoms with Crippen molar-refractivity contribution in [3.05, 3.63) is 58.1 Å². The van der Waals surface area contributed by atoms with Crippen molar-refractivity contribution in [1.29, 1.82) is 0 Å². The van der Waals surface area contributed by atoms with Crippen LogP contribution < -0.4 is 9.47 Å². The number of carbonyl (C=O) groups is 1. The van der Waals surface area contributed by atoms with Crippen LogP contribution in [0.2, 0.25) is 0 Å². The van der Waals surface area contributed by atoms with E-state index < -0.39 is 0 Å². The van der Waals surface area contributed by atoms with E-state index in [1.54, 1.807) is 12.1 Å². The van der Waals surface area contributed by atoms with E-state index in [1.165, 1.54) is 19.3 Å². The van der Waals surface area contributed by atoms with Gasteiger partial charge in [-0.05, 0) is 54.3 Å². The summed E-state index contributed by atoms with van der Waals surface area (Å²) in [6.45, 7) is 9.19. The molecule has 0 N–H and O–H groups in total. The van der Waals surface area contributed by atoms with E-state index in [-0.39, 0.29) is 11.4 Å². The van der Waals surface area contributed by atoms with Crippen LogP contribution in [-0.4, -0.2) is 12.6 Å². The topological polar surface area (TPSA) is 35.5 Å². The summed E-state index contributed by atoms with van der Waals surface area (Å²) >= 11 is 3.49. The molecule has 146 valence electrons. The molecule has 0 aliphatic heterocycles. The number of hydrogen-bond acceptors (Lipinski definition) is 3. The van der Waals surface area contributed by atoms with Crippen LogP contribution in [0.5, 0.6) is 11.5 Å². The Morgan fingerprint density at radius 2 is 1.70 bits per heavy atom. The standard InChI is InChI=1S/C23H29BrO3/c1-5-6-7-8-15-26-19-12-9-17(10-13-19)22(25)27-21-14-11-18(24)16-20(21)23(2,3)4/h9-14,16H,5-8,15H2,1-4H3. The Labute approximate surface area is 171 Å². The first-order valence-electron chi connectivity index (χ1n) is 9.56. The molecule has 0 fully saturated rings. The highest BCUT2D eigenvalue weighted by molar-refractivity contribution is 9.10. The maximum Gasteiger partial charge on any atom is 0.343 e. The molecule has 0 atom stereocenters. The Morgan fingerprint density at radius 3 is 2.33 bits per heavy atom. The van der Waals surface area contributed by atoms with Gasteiger partial charge in [0.1, 0.15) is 11.5 Å². The maximum absolute atomic E-state index is 12.5. The quantitative estimate of drug-likeness (QED) is 0.257. The van der Waals surface area contributed by atoms with Crippen molar-refractivity contribution in [2.24, 2.45) is 0 Å². The lowest BCUT2D eigenvalue weighted by Gasteiger charge is -2.22. The van der Waals surface area contributed by atoms with Crippen LogP contribution in [0.25, 0.3) is 0 Å². The van der Waals surface area contributed by atoms with Gasteiger partial charge in [-0.3, -0.25) is 0 Å². The fourth-order valence-corrected chi connectivity index (χ4v) is 3.10. The third-order valence-corrected chi connectivity index (χ3v) is 4.80. The molecule has 0 saturated heterocycles. The van der Waals surface area contributed by atoms with Gasteiger partial charge in [0.2, 0.25) is 0 Å². The van der Waals surface area contributed by atoms with Crippen LogP contribution >= 0.6 is 15.9 Å². The molecule has 2 aromatic rings. The molecular formula is C23H29BrO3. The molecule has 0 bridgehead atoms. The van der Waals surface area contributed by atoms with Crippen molar-refractivity contribution in [3.63, 3.8) is 0 Å². The van der Waals surface area contributed by atoms with Gasteiger partial charge >= 0.3 is 5.97 Å². The number of halogens is 1. The summed E-state index contributed by atoms with van der Waals surface area (Å²) in [6.07, 6.45) is 4.69. The summed E-state index contributed by atoms with van der Waals surface area (Å²) in [5, 5.41) is 0.